The summed E-state index contributed by atoms with van der Waals surface area (Å²) in [5, 5.41) is 1.19. The highest BCUT2D eigenvalue weighted by Gasteiger charge is 2.23. The first kappa shape index (κ1) is 8.58. The molecule has 0 heterocycles. The molecule has 1 heteroatoms. The Balaban J connectivity index is 2.41. The van der Waals surface area contributed by atoms with Crippen LogP contribution in [0, 0.1) is 5.41 Å². The average Bonchev–Trinajstić information content (AvgIpc) is 2.15. The molecule has 0 bridgehead atoms. The summed E-state index contributed by atoms with van der Waals surface area (Å²) < 4.78 is 0. The number of hydrogen-bond donors (Lipinski definition) is 0. The molecule has 0 nitrogen and oxygen atoms in total. The van der Waals surface area contributed by atoms with Gasteiger partial charge in [-0.05, 0) is 18.3 Å². The summed E-state index contributed by atoms with van der Waals surface area (Å²) in [5.74, 6) is 0. The predicted octanol–water partition coefficient (Wildman–Crippen LogP) is 3.74. The first-order valence-electron chi connectivity index (χ1n) is 4.33. The van der Waals surface area contributed by atoms with Gasteiger partial charge in [-0.1, -0.05) is 48.5 Å². The second-order valence-electron chi connectivity index (χ2n) is 3.86. The van der Waals surface area contributed by atoms with Gasteiger partial charge in [-0.2, -0.15) is 0 Å². The topological polar surface area (TPSA) is 0 Å². The molecule has 1 rings (SSSR count). The second-order valence-corrected chi connectivity index (χ2v) is 4.42. The summed E-state index contributed by atoms with van der Waals surface area (Å²) in [5.41, 5.74) is 0.622. The Morgan fingerprint density at radius 1 is 1.10 bits per heavy atom. The first-order chi connectivity index (χ1) is 4.77. The highest BCUT2D eigenvalue weighted by molar-refractivity contribution is 9.09. The van der Waals surface area contributed by atoms with Gasteiger partial charge >= 0.3 is 0 Å². The van der Waals surface area contributed by atoms with E-state index in [-0.39, 0.29) is 0 Å². The van der Waals surface area contributed by atoms with Crippen LogP contribution in [-0.2, 0) is 0 Å². The fourth-order valence-electron chi connectivity index (χ4n) is 1.72. The largest absolute Gasteiger partial charge is 0.0922 e. The average molecular weight is 205 g/mol. The molecule has 0 radical (unpaired) electrons. The van der Waals surface area contributed by atoms with Gasteiger partial charge in [0.25, 0.3) is 0 Å². The van der Waals surface area contributed by atoms with E-state index >= 15 is 0 Å². The Kier molecular flexibility index (Phi) is 3.22. The lowest BCUT2D eigenvalue weighted by Crippen LogP contribution is -2.16. The zero-order valence-corrected chi connectivity index (χ0v) is 8.41. The van der Waals surface area contributed by atoms with Crippen LogP contribution in [0.3, 0.4) is 0 Å². The van der Waals surface area contributed by atoms with Gasteiger partial charge in [0.05, 0.1) is 0 Å². The van der Waals surface area contributed by atoms with Crippen molar-refractivity contribution < 1.29 is 0 Å². The monoisotopic (exact) mass is 204 g/mol. The van der Waals surface area contributed by atoms with Crippen LogP contribution in [0.2, 0.25) is 0 Å². The minimum Gasteiger partial charge on any atom is -0.0922 e. The number of rotatable bonds is 1. The molecule has 0 aromatic heterocycles. The minimum atomic E-state index is 0.622. The summed E-state index contributed by atoms with van der Waals surface area (Å²) in [7, 11) is 0. The van der Waals surface area contributed by atoms with Crippen LogP contribution in [0.5, 0.6) is 0 Å². The maximum Gasteiger partial charge on any atom is 0.00853 e. The third kappa shape index (κ3) is 2.26. The molecule has 1 saturated carbocycles. The van der Waals surface area contributed by atoms with Crippen LogP contribution >= 0.6 is 15.9 Å². The highest BCUT2D eigenvalue weighted by Crippen LogP contribution is 2.35. The molecule has 0 spiro atoms. The maximum atomic E-state index is 3.60. The Morgan fingerprint density at radius 2 is 1.60 bits per heavy atom. The van der Waals surface area contributed by atoms with Crippen molar-refractivity contribution in [3.05, 3.63) is 0 Å². The van der Waals surface area contributed by atoms with Gasteiger partial charge in [0.2, 0.25) is 0 Å². The summed E-state index contributed by atoms with van der Waals surface area (Å²) >= 11 is 3.60. The molecule has 1 aliphatic rings. The normalized spacial score (nSPS) is 25.8. The maximum absolute atomic E-state index is 3.60. The molecule has 0 amide bonds. The van der Waals surface area contributed by atoms with Crippen molar-refractivity contribution in [1.82, 2.24) is 0 Å². The highest BCUT2D eigenvalue weighted by atomic mass is 79.9. The minimum absolute atomic E-state index is 0.622. The number of alkyl halides is 1. The molecule has 0 N–H and O–H groups in total. The molecule has 0 atom stereocenters. The smallest absolute Gasteiger partial charge is 0.00853 e. The van der Waals surface area contributed by atoms with Gasteiger partial charge in [-0.3, -0.25) is 0 Å². The summed E-state index contributed by atoms with van der Waals surface area (Å²) in [6.45, 7) is 2.41. The SMILES string of the molecule is CC1(CBr)CCCCCC1. The molecule has 0 aliphatic heterocycles. The molecule has 1 aliphatic carbocycles. The quantitative estimate of drug-likeness (QED) is 0.451. The van der Waals surface area contributed by atoms with Crippen LogP contribution in [0.15, 0.2) is 0 Å². The van der Waals surface area contributed by atoms with E-state index < -0.39 is 0 Å². The molecule has 0 saturated heterocycles. The standard InChI is InChI=1S/C9H17Br/c1-9(8-10)6-4-2-3-5-7-9/h2-8H2,1H3. The van der Waals surface area contributed by atoms with E-state index in [2.05, 4.69) is 22.9 Å². The van der Waals surface area contributed by atoms with Crippen LogP contribution in [0.1, 0.15) is 45.4 Å². The second kappa shape index (κ2) is 3.75. The van der Waals surface area contributed by atoms with Gasteiger partial charge < -0.3 is 0 Å². The lowest BCUT2D eigenvalue weighted by atomic mass is 9.85. The van der Waals surface area contributed by atoms with Crippen molar-refractivity contribution in [2.24, 2.45) is 5.41 Å². The van der Waals surface area contributed by atoms with E-state index in [1.807, 2.05) is 0 Å². The summed E-state index contributed by atoms with van der Waals surface area (Å²) in [4.78, 5) is 0. The predicted molar refractivity (Wildman–Crippen MR) is 49.6 cm³/mol. The van der Waals surface area contributed by atoms with E-state index in [9.17, 15) is 0 Å². The Hall–Kier alpha value is 0.480. The first-order valence-corrected chi connectivity index (χ1v) is 5.45. The number of hydrogen-bond acceptors (Lipinski definition) is 0. The molecule has 0 aromatic rings. The van der Waals surface area contributed by atoms with Crippen molar-refractivity contribution in [2.45, 2.75) is 45.4 Å². The fourth-order valence-corrected chi connectivity index (χ4v) is 2.28. The Bertz CT molecular complexity index is 90.9. The van der Waals surface area contributed by atoms with Crippen molar-refractivity contribution in [2.75, 3.05) is 5.33 Å². The van der Waals surface area contributed by atoms with Crippen molar-refractivity contribution in [1.29, 1.82) is 0 Å². The molecular weight excluding hydrogens is 188 g/mol. The van der Waals surface area contributed by atoms with E-state index in [4.69, 9.17) is 0 Å². The van der Waals surface area contributed by atoms with Crippen LogP contribution < -0.4 is 0 Å². The summed E-state index contributed by atoms with van der Waals surface area (Å²) in [6, 6.07) is 0. The lowest BCUT2D eigenvalue weighted by molar-refractivity contribution is 0.325. The molecule has 0 aromatic carbocycles. The molecular formula is C9H17Br. The van der Waals surface area contributed by atoms with Crippen molar-refractivity contribution in [3.8, 4) is 0 Å². The van der Waals surface area contributed by atoms with E-state index in [1.54, 1.807) is 0 Å². The summed E-state index contributed by atoms with van der Waals surface area (Å²) in [6.07, 6.45) is 8.67. The van der Waals surface area contributed by atoms with Gasteiger partial charge in [0.15, 0.2) is 0 Å². The third-order valence-electron chi connectivity index (χ3n) is 2.63. The fraction of sp³-hybridized carbons (Fsp3) is 1.00. The van der Waals surface area contributed by atoms with E-state index in [0.29, 0.717) is 5.41 Å². The zero-order valence-electron chi connectivity index (χ0n) is 6.83. The Labute approximate surface area is 72.5 Å². The zero-order chi connectivity index (χ0) is 7.45. The van der Waals surface area contributed by atoms with Gasteiger partial charge in [0, 0.05) is 5.33 Å². The van der Waals surface area contributed by atoms with Crippen molar-refractivity contribution in [3.63, 3.8) is 0 Å². The van der Waals surface area contributed by atoms with E-state index in [1.165, 1.54) is 43.9 Å². The lowest BCUT2D eigenvalue weighted by Gasteiger charge is -2.24. The van der Waals surface area contributed by atoms with Crippen LogP contribution in [-0.4, -0.2) is 5.33 Å². The van der Waals surface area contributed by atoms with Crippen LogP contribution in [0.25, 0.3) is 0 Å². The molecule has 60 valence electrons. The van der Waals surface area contributed by atoms with Gasteiger partial charge in [0.1, 0.15) is 0 Å². The molecule has 1 fully saturated rings. The van der Waals surface area contributed by atoms with E-state index in [0.717, 1.165) is 0 Å². The molecule has 10 heavy (non-hydrogen) atoms. The Morgan fingerprint density at radius 3 is 2.00 bits per heavy atom. The molecule has 0 unspecified atom stereocenters. The van der Waals surface area contributed by atoms with Crippen molar-refractivity contribution >= 4 is 15.9 Å². The third-order valence-corrected chi connectivity index (χ3v) is 3.99. The van der Waals surface area contributed by atoms with Gasteiger partial charge in [-0.25, -0.2) is 0 Å². The number of halogens is 1. The van der Waals surface area contributed by atoms with Crippen LogP contribution in [0.4, 0.5) is 0 Å². The van der Waals surface area contributed by atoms with Gasteiger partial charge in [-0.15, -0.1) is 0 Å².